The first-order valence-corrected chi connectivity index (χ1v) is 8.57. The van der Waals surface area contributed by atoms with Crippen LogP contribution in [0.5, 0.6) is 11.5 Å². The molecule has 0 fully saturated rings. The van der Waals surface area contributed by atoms with Crippen LogP contribution in [-0.4, -0.2) is 31.6 Å². The van der Waals surface area contributed by atoms with Crippen LogP contribution in [0, 0.1) is 6.92 Å². The Morgan fingerprint density at radius 1 is 1.08 bits per heavy atom. The Labute approximate surface area is 152 Å². The van der Waals surface area contributed by atoms with Crippen molar-refractivity contribution < 1.29 is 19.1 Å². The Morgan fingerprint density at radius 3 is 2.62 bits per heavy atom. The van der Waals surface area contributed by atoms with Gasteiger partial charge in [-0.25, -0.2) is 0 Å². The topological polar surface area (TPSA) is 76.7 Å². The minimum Gasteiger partial charge on any atom is -0.486 e. The largest absolute Gasteiger partial charge is 0.486 e. The van der Waals surface area contributed by atoms with E-state index in [9.17, 15) is 9.59 Å². The molecule has 0 unspecified atom stereocenters. The highest BCUT2D eigenvalue weighted by Gasteiger charge is 2.16. The lowest BCUT2D eigenvalue weighted by molar-refractivity contribution is -0.120. The number of amides is 2. The minimum atomic E-state index is -0.268. The van der Waals surface area contributed by atoms with Crippen LogP contribution in [0.4, 0.5) is 0 Å². The van der Waals surface area contributed by atoms with Gasteiger partial charge in [0.1, 0.15) is 13.2 Å². The molecule has 0 saturated heterocycles. The molecule has 1 aliphatic rings. The lowest BCUT2D eigenvalue weighted by Crippen LogP contribution is -2.38. The number of fused-ring (bicyclic) bond motifs is 1. The molecule has 0 aliphatic carbocycles. The van der Waals surface area contributed by atoms with Gasteiger partial charge in [-0.3, -0.25) is 9.59 Å². The van der Waals surface area contributed by atoms with E-state index in [4.69, 9.17) is 9.47 Å². The van der Waals surface area contributed by atoms with E-state index in [1.165, 1.54) is 0 Å². The van der Waals surface area contributed by atoms with E-state index in [0.29, 0.717) is 30.3 Å². The molecule has 0 radical (unpaired) electrons. The first-order valence-electron chi connectivity index (χ1n) is 8.57. The molecule has 1 aliphatic heterocycles. The number of nitrogens with one attached hydrogen (secondary N) is 2. The number of carbonyl (C=O) groups excluding carboxylic acids is 2. The molecule has 3 rings (SSSR count). The Bertz CT molecular complexity index is 819. The van der Waals surface area contributed by atoms with Crippen LogP contribution < -0.4 is 20.1 Å². The van der Waals surface area contributed by atoms with Crippen molar-refractivity contribution in [2.45, 2.75) is 19.9 Å². The molecule has 1 atom stereocenters. The normalized spacial score (nSPS) is 13.6. The second kappa shape index (κ2) is 7.91. The van der Waals surface area contributed by atoms with Gasteiger partial charge in [-0.1, -0.05) is 23.8 Å². The Morgan fingerprint density at radius 2 is 1.85 bits per heavy atom. The summed E-state index contributed by atoms with van der Waals surface area (Å²) >= 11 is 0. The maximum absolute atomic E-state index is 12.1. The van der Waals surface area contributed by atoms with Gasteiger partial charge in [0, 0.05) is 5.56 Å². The van der Waals surface area contributed by atoms with Gasteiger partial charge in [0.2, 0.25) is 5.91 Å². The van der Waals surface area contributed by atoms with Crippen LogP contribution >= 0.6 is 0 Å². The van der Waals surface area contributed by atoms with E-state index in [1.54, 1.807) is 12.1 Å². The molecule has 0 saturated carbocycles. The maximum atomic E-state index is 12.1. The number of ether oxygens (including phenoxy) is 2. The minimum absolute atomic E-state index is 0.0817. The van der Waals surface area contributed by atoms with Crippen molar-refractivity contribution in [1.29, 1.82) is 0 Å². The smallest absolute Gasteiger partial charge is 0.251 e. The molecule has 136 valence electrons. The zero-order valence-electron chi connectivity index (χ0n) is 14.9. The Balaban J connectivity index is 1.53. The van der Waals surface area contributed by atoms with Crippen molar-refractivity contribution in [2.24, 2.45) is 0 Å². The fourth-order valence-corrected chi connectivity index (χ4v) is 2.75. The van der Waals surface area contributed by atoms with E-state index in [0.717, 1.165) is 11.1 Å². The lowest BCUT2D eigenvalue weighted by atomic mass is 10.1. The van der Waals surface area contributed by atoms with Crippen LogP contribution in [0.2, 0.25) is 0 Å². The van der Waals surface area contributed by atoms with E-state index in [-0.39, 0.29) is 24.4 Å². The standard InChI is InChI=1S/C20H22N2O4/c1-13-4-3-5-16(10-13)20(24)21-12-19(23)22-14(2)15-6-7-17-18(11-15)26-9-8-25-17/h3-7,10-11,14H,8-9,12H2,1-2H3,(H,21,24)(H,22,23)/t14-/m1/s1. The third-order valence-electron chi connectivity index (χ3n) is 4.13. The third-order valence-corrected chi connectivity index (χ3v) is 4.13. The molecular formula is C20H22N2O4. The first kappa shape index (κ1) is 17.8. The molecule has 0 aromatic heterocycles. The second-order valence-corrected chi connectivity index (χ2v) is 6.24. The molecular weight excluding hydrogens is 332 g/mol. The Kier molecular flexibility index (Phi) is 5.41. The summed E-state index contributed by atoms with van der Waals surface area (Å²) in [5.74, 6) is 0.871. The number of carbonyl (C=O) groups is 2. The third kappa shape index (κ3) is 4.33. The van der Waals surface area contributed by atoms with Crippen LogP contribution in [0.25, 0.3) is 0 Å². The van der Waals surface area contributed by atoms with E-state index in [2.05, 4.69) is 10.6 Å². The molecule has 6 heteroatoms. The van der Waals surface area contributed by atoms with Gasteiger partial charge in [0.15, 0.2) is 11.5 Å². The van der Waals surface area contributed by atoms with Crippen molar-refractivity contribution in [1.82, 2.24) is 10.6 Å². The van der Waals surface area contributed by atoms with Gasteiger partial charge in [-0.05, 0) is 43.7 Å². The predicted molar refractivity (Wildman–Crippen MR) is 97.5 cm³/mol. The monoisotopic (exact) mass is 354 g/mol. The van der Waals surface area contributed by atoms with Crippen molar-refractivity contribution in [3.05, 3.63) is 59.2 Å². The van der Waals surface area contributed by atoms with E-state index >= 15 is 0 Å². The predicted octanol–water partition coefficient (Wildman–Crippen LogP) is 2.37. The summed E-state index contributed by atoms with van der Waals surface area (Å²) in [4.78, 5) is 24.2. The van der Waals surface area contributed by atoms with Gasteiger partial charge in [0.05, 0.1) is 12.6 Å². The van der Waals surface area contributed by atoms with Crippen molar-refractivity contribution in [2.75, 3.05) is 19.8 Å². The Hall–Kier alpha value is -3.02. The number of rotatable bonds is 5. The quantitative estimate of drug-likeness (QED) is 0.864. The van der Waals surface area contributed by atoms with Crippen molar-refractivity contribution in [3.8, 4) is 11.5 Å². The van der Waals surface area contributed by atoms with Crippen LogP contribution in [-0.2, 0) is 4.79 Å². The van der Waals surface area contributed by atoms with Crippen molar-refractivity contribution >= 4 is 11.8 Å². The SMILES string of the molecule is Cc1cccc(C(=O)NCC(=O)N[C@H](C)c2ccc3c(c2)OCCO3)c1. The average molecular weight is 354 g/mol. The second-order valence-electron chi connectivity index (χ2n) is 6.24. The summed E-state index contributed by atoms with van der Waals surface area (Å²) in [5, 5.41) is 5.51. The zero-order valence-corrected chi connectivity index (χ0v) is 14.9. The number of aryl methyl sites for hydroxylation is 1. The zero-order chi connectivity index (χ0) is 18.5. The highest BCUT2D eigenvalue weighted by Crippen LogP contribution is 2.32. The summed E-state index contributed by atoms with van der Waals surface area (Å²) in [6.07, 6.45) is 0. The van der Waals surface area contributed by atoms with Crippen molar-refractivity contribution in [3.63, 3.8) is 0 Å². The highest BCUT2D eigenvalue weighted by atomic mass is 16.6. The average Bonchev–Trinajstić information content (AvgIpc) is 2.65. The first-order chi connectivity index (χ1) is 12.5. The van der Waals surface area contributed by atoms with Gasteiger partial charge in [0.25, 0.3) is 5.91 Å². The summed E-state index contributed by atoms with van der Waals surface area (Å²) in [7, 11) is 0. The molecule has 2 amide bonds. The molecule has 2 N–H and O–H groups in total. The maximum Gasteiger partial charge on any atom is 0.251 e. The molecule has 26 heavy (non-hydrogen) atoms. The lowest BCUT2D eigenvalue weighted by Gasteiger charge is -2.21. The molecule has 2 aromatic carbocycles. The number of hydrogen-bond donors (Lipinski definition) is 2. The van der Waals surface area contributed by atoms with E-state index in [1.807, 2.05) is 44.2 Å². The molecule has 0 bridgehead atoms. The fourth-order valence-electron chi connectivity index (χ4n) is 2.75. The molecule has 2 aromatic rings. The molecule has 1 heterocycles. The molecule has 6 nitrogen and oxygen atoms in total. The number of benzene rings is 2. The fraction of sp³-hybridized carbons (Fsp3) is 0.300. The van der Waals surface area contributed by atoms with Crippen LogP contribution in [0.15, 0.2) is 42.5 Å². The van der Waals surface area contributed by atoms with Gasteiger partial charge in [-0.2, -0.15) is 0 Å². The highest BCUT2D eigenvalue weighted by molar-refractivity contribution is 5.96. The van der Waals surface area contributed by atoms with Gasteiger partial charge in [-0.15, -0.1) is 0 Å². The number of hydrogen-bond acceptors (Lipinski definition) is 4. The van der Waals surface area contributed by atoms with Gasteiger partial charge >= 0.3 is 0 Å². The summed E-state index contributed by atoms with van der Waals surface area (Å²) in [5.41, 5.74) is 2.44. The van der Waals surface area contributed by atoms with Crippen LogP contribution in [0.3, 0.4) is 0 Å². The summed E-state index contributed by atoms with van der Waals surface area (Å²) < 4.78 is 11.1. The summed E-state index contributed by atoms with van der Waals surface area (Å²) in [6, 6.07) is 12.6. The van der Waals surface area contributed by atoms with Crippen LogP contribution in [0.1, 0.15) is 34.5 Å². The van der Waals surface area contributed by atoms with Gasteiger partial charge < -0.3 is 20.1 Å². The molecule has 0 spiro atoms. The van der Waals surface area contributed by atoms with E-state index < -0.39 is 0 Å². The summed E-state index contributed by atoms with van der Waals surface area (Å²) in [6.45, 7) is 4.77.